The maximum Gasteiger partial charge on any atom is 0.262 e. The van der Waals surface area contributed by atoms with Gasteiger partial charge in [0.1, 0.15) is 11.6 Å². The van der Waals surface area contributed by atoms with Crippen LogP contribution in [0.5, 0.6) is 11.5 Å². The van der Waals surface area contributed by atoms with Gasteiger partial charge in [-0.25, -0.2) is 0 Å². The van der Waals surface area contributed by atoms with Crippen LogP contribution in [0.1, 0.15) is 38.2 Å². The first-order chi connectivity index (χ1) is 11.5. The Morgan fingerprint density at radius 1 is 1.46 bits per heavy atom. The lowest BCUT2D eigenvalue weighted by Crippen LogP contribution is -2.41. The van der Waals surface area contributed by atoms with Crippen LogP contribution in [-0.2, 0) is 4.79 Å². The van der Waals surface area contributed by atoms with E-state index in [0.717, 1.165) is 19.3 Å². The van der Waals surface area contributed by atoms with Gasteiger partial charge in [-0.05, 0) is 65.1 Å². The smallest absolute Gasteiger partial charge is 0.262 e. The Balaban J connectivity index is 2.21. The van der Waals surface area contributed by atoms with Gasteiger partial charge in [0, 0.05) is 6.04 Å². The molecule has 0 radical (unpaired) electrons. The van der Waals surface area contributed by atoms with Crippen molar-refractivity contribution >= 4 is 34.6 Å². The number of nitriles is 1. The van der Waals surface area contributed by atoms with Crippen LogP contribution in [0.4, 0.5) is 0 Å². The number of hydrogen-bond acceptors (Lipinski definition) is 4. The van der Waals surface area contributed by atoms with Gasteiger partial charge in [0.05, 0.1) is 10.7 Å². The molecule has 0 unspecified atom stereocenters. The number of aromatic hydroxyl groups is 1. The van der Waals surface area contributed by atoms with Crippen LogP contribution >= 0.6 is 22.6 Å². The van der Waals surface area contributed by atoms with Gasteiger partial charge in [-0.2, -0.15) is 5.26 Å². The molecule has 0 bridgehead atoms. The van der Waals surface area contributed by atoms with Gasteiger partial charge in [-0.15, -0.1) is 0 Å². The van der Waals surface area contributed by atoms with Gasteiger partial charge in [0.15, 0.2) is 11.5 Å². The highest BCUT2D eigenvalue weighted by molar-refractivity contribution is 14.1. The Labute approximate surface area is 155 Å². The number of methoxy groups -OCH3 is 1. The Morgan fingerprint density at radius 2 is 2.17 bits per heavy atom. The highest BCUT2D eigenvalue weighted by Crippen LogP contribution is 2.33. The molecule has 1 aliphatic carbocycles. The van der Waals surface area contributed by atoms with Crippen molar-refractivity contribution in [3.63, 3.8) is 0 Å². The molecule has 1 aromatic carbocycles. The van der Waals surface area contributed by atoms with Crippen molar-refractivity contribution in [3.8, 4) is 17.6 Å². The molecule has 1 amide bonds. The van der Waals surface area contributed by atoms with Gasteiger partial charge in [0.25, 0.3) is 5.91 Å². The molecule has 24 heavy (non-hydrogen) atoms. The van der Waals surface area contributed by atoms with Gasteiger partial charge in [-0.1, -0.05) is 19.8 Å². The van der Waals surface area contributed by atoms with E-state index in [2.05, 4.69) is 12.2 Å². The second kappa shape index (κ2) is 8.38. The molecule has 6 heteroatoms. The molecule has 0 spiro atoms. The maximum absolute atomic E-state index is 12.4. The van der Waals surface area contributed by atoms with E-state index in [4.69, 9.17) is 4.74 Å². The molecule has 0 aromatic heterocycles. The third-order valence-electron chi connectivity index (χ3n) is 4.37. The monoisotopic (exact) mass is 440 g/mol. The summed E-state index contributed by atoms with van der Waals surface area (Å²) < 4.78 is 5.70. The van der Waals surface area contributed by atoms with Crippen LogP contribution in [-0.4, -0.2) is 24.2 Å². The number of carbonyl (C=O) groups is 1. The number of nitrogens with one attached hydrogen (secondary N) is 1. The maximum atomic E-state index is 12.4. The van der Waals surface area contributed by atoms with Crippen LogP contribution in [0.3, 0.4) is 0 Å². The van der Waals surface area contributed by atoms with E-state index in [1.54, 1.807) is 12.1 Å². The fourth-order valence-electron chi connectivity index (χ4n) is 2.92. The second-order valence-corrected chi connectivity index (χ2v) is 7.23. The minimum atomic E-state index is -0.349. The number of rotatable bonds is 4. The van der Waals surface area contributed by atoms with Crippen LogP contribution in [0, 0.1) is 20.8 Å². The summed E-state index contributed by atoms with van der Waals surface area (Å²) in [5.41, 5.74) is 0.689. The topological polar surface area (TPSA) is 82.3 Å². The Bertz CT molecular complexity index is 694. The predicted molar refractivity (Wildman–Crippen MR) is 101 cm³/mol. The van der Waals surface area contributed by atoms with E-state index in [-0.39, 0.29) is 23.3 Å². The van der Waals surface area contributed by atoms with E-state index < -0.39 is 0 Å². The average molecular weight is 440 g/mol. The summed E-state index contributed by atoms with van der Waals surface area (Å²) in [7, 11) is 1.46. The molecule has 2 rings (SSSR count). The van der Waals surface area contributed by atoms with Gasteiger partial charge >= 0.3 is 0 Å². The van der Waals surface area contributed by atoms with Gasteiger partial charge in [-0.3, -0.25) is 4.79 Å². The third-order valence-corrected chi connectivity index (χ3v) is 5.20. The van der Waals surface area contributed by atoms with Crippen LogP contribution < -0.4 is 10.1 Å². The number of halogens is 1. The minimum absolute atomic E-state index is 0.0502. The largest absolute Gasteiger partial charge is 0.504 e. The lowest BCUT2D eigenvalue weighted by Gasteiger charge is -2.29. The number of phenols is 1. The highest BCUT2D eigenvalue weighted by Gasteiger charge is 2.24. The summed E-state index contributed by atoms with van der Waals surface area (Å²) >= 11 is 1.98. The van der Waals surface area contributed by atoms with E-state index >= 15 is 0 Å². The van der Waals surface area contributed by atoms with Crippen molar-refractivity contribution in [2.24, 2.45) is 5.92 Å². The minimum Gasteiger partial charge on any atom is -0.504 e. The molecule has 2 atom stereocenters. The average Bonchev–Trinajstić information content (AvgIpc) is 2.57. The number of hydrogen-bond donors (Lipinski definition) is 2. The third kappa shape index (κ3) is 4.41. The summed E-state index contributed by atoms with van der Waals surface area (Å²) in [6.07, 6.45) is 5.88. The van der Waals surface area contributed by atoms with Crippen molar-refractivity contribution < 1.29 is 14.6 Å². The van der Waals surface area contributed by atoms with Crippen molar-refractivity contribution in [1.29, 1.82) is 5.26 Å². The fourth-order valence-corrected chi connectivity index (χ4v) is 3.55. The Morgan fingerprint density at radius 3 is 2.79 bits per heavy atom. The summed E-state index contributed by atoms with van der Waals surface area (Å²) in [6, 6.07) is 5.40. The van der Waals surface area contributed by atoms with Crippen LogP contribution in [0.25, 0.3) is 6.08 Å². The Kier molecular flexibility index (Phi) is 6.49. The number of amides is 1. The zero-order valence-electron chi connectivity index (χ0n) is 13.8. The molecular formula is C18H21IN2O3. The molecule has 1 aliphatic rings. The molecule has 0 saturated heterocycles. The zero-order valence-corrected chi connectivity index (χ0v) is 16.0. The van der Waals surface area contributed by atoms with Crippen LogP contribution in [0.2, 0.25) is 0 Å². The molecular weight excluding hydrogens is 419 g/mol. The summed E-state index contributed by atoms with van der Waals surface area (Å²) in [6.45, 7) is 2.13. The first kappa shape index (κ1) is 18.6. The number of ether oxygens (including phenoxy) is 1. The zero-order chi connectivity index (χ0) is 17.7. The summed E-state index contributed by atoms with van der Waals surface area (Å²) in [4.78, 5) is 12.4. The number of benzene rings is 1. The lowest BCUT2D eigenvalue weighted by atomic mass is 9.86. The van der Waals surface area contributed by atoms with Crippen molar-refractivity contribution in [3.05, 3.63) is 26.8 Å². The fraction of sp³-hybridized carbons (Fsp3) is 0.444. The highest BCUT2D eigenvalue weighted by atomic mass is 127. The van der Waals surface area contributed by atoms with E-state index in [0.29, 0.717) is 20.8 Å². The van der Waals surface area contributed by atoms with E-state index in [1.807, 2.05) is 28.7 Å². The second-order valence-electron chi connectivity index (χ2n) is 6.07. The van der Waals surface area contributed by atoms with E-state index in [9.17, 15) is 15.2 Å². The number of phenolic OH excluding ortho intramolecular Hbond substituents is 1. The molecule has 128 valence electrons. The van der Waals surface area contributed by atoms with Crippen molar-refractivity contribution in [1.82, 2.24) is 5.32 Å². The first-order valence-corrected chi connectivity index (χ1v) is 9.03. The molecule has 1 fully saturated rings. The molecule has 1 aromatic rings. The molecule has 2 N–H and O–H groups in total. The SMILES string of the molecule is COc1cc(/C=C(\C#N)C(=O)N[C@@H]2CCCC[C@@H]2C)cc(I)c1O. The first-order valence-electron chi connectivity index (χ1n) is 7.95. The van der Waals surface area contributed by atoms with E-state index in [1.165, 1.54) is 19.6 Å². The number of carbonyl (C=O) groups excluding carboxylic acids is 1. The van der Waals surface area contributed by atoms with Gasteiger partial charge < -0.3 is 15.2 Å². The predicted octanol–water partition coefficient (Wildman–Crippen LogP) is 3.61. The molecule has 5 nitrogen and oxygen atoms in total. The van der Waals surface area contributed by atoms with Crippen molar-refractivity contribution in [2.75, 3.05) is 7.11 Å². The molecule has 0 aliphatic heterocycles. The van der Waals surface area contributed by atoms with Gasteiger partial charge in [0.2, 0.25) is 0 Å². The number of nitrogens with zero attached hydrogens (tertiary/aromatic N) is 1. The Hall–Kier alpha value is -1.75. The molecule has 1 saturated carbocycles. The molecule has 0 heterocycles. The normalized spacial score (nSPS) is 21.0. The van der Waals surface area contributed by atoms with Crippen molar-refractivity contribution in [2.45, 2.75) is 38.6 Å². The standard InChI is InChI=1S/C18H21IN2O3/c1-11-5-3-4-6-15(11)21-18(23)13(10-20)7-12-8-14(19)17(22)16(9-12)24-2/h7-9,11,15,22H,3-6H2,1-2H3,(H,21,23)/b13-7+/t11-,15+/m0/s1. The summed E-state index contributed by atoms with van der Waals surface area (Å²) in [5, 5.41) is 22.2. The quantitative estimate of drug-likeness (QED) is 0.426. The summed E-state index contributed by atoms with van der Waals surface area (Å²) in [5.74, 6) is 0.441. The lowest BCUT2D eigenvalue weighted by molar-refractivity contribution is -0.118. The van der Waals surface area contributed by atoms with Crippen LogP contribution in [0.15, 0.2) is 17.7 Å².